The van der Waals surface area contributed by atoms with Gasteiger partial charge in [-0.3, -0.25) is 4.79 Å². The zero-order chi connectivity index (χ0) is 14.3. The molecule has 2 heterocycles. The van der Waals surface area contributed by atoms with Gasteiger partial charge in [0.1, 0.15) is 11.3 Å². The number of carboxylic acids is 1. The molecule has 0 aliphatic heterocycles. The van der Waals surface area contributed by atoms with Gasteiger partial charge < -0.3 is 9.84 Å². The Balaban J connectivity index is 1.86. The molecule has 1 aliphatic rings. The normalized spacial score (nSPS) is 21.5. The second kappa shape index (κ2) is 5.18. The van der Waals surface area contributed by atoms with E-state index in [1.165, 1.54) is 0 Å². The van der Waals surface area contributed by atoms with Gasteiger partial charge in [-0.05, 0) is 34.8 Å². The quantitative estimate of drug-likeness (QED) is 0.853. The molecule has 3 rings (SSSR count). The Kier molecular flexibility index (Phi) is 3.52. The highest BCUT2D eigenvalue weighted by Gasteiger charge is 2.36. The number of ether oxygens (including phenoxy) is 1. The van der Waals surface area contributed by atoms with Gasteiger partial charge in [0.25, 0.3) is 0 Å². The molecule has 2 aromatic rings. The molecule has 0 amide bonds. The largest absolute Gasteiger partial charge is 0.481 e. The third-order valence-corrected chi connectivity index (χ3v) is 4.21. The van der Waals surface area contributed by atoms with Crippen LogP contribution in [-0.2, 0) is 4.79 Å². The summed E-state index contributed by atoms with van der Waals surface area (Å²) in [5, 5.41) is 10.9. The van der Waals surface area contributed by atoms with Crippen LogP contribution in [0.2, 0.25) is 5.15 Å². The predicted octanol–water partition coefficient (Wildman–Crippen LogP) is 3.29. The third kappa shape index (κ3) is 2.45. The molecule has 20 heavy (non-hydrogen) atoms. The molecule has 0 spiro atoms. The fourth-order valence-corrected chi connectivity index (χ4v) is 2.76. The first kappa shape index (κ1) is 13.6. The summed E-state index contributed by atoms with van der Waals surface area (Å²) in [5.41, 5.74) is 0. The van der Waals surface area contributed by atoms with Crippen LogP contribution in [0.25, 0.3) is 10.8 Å². The van der Waals surface area contributed by atoms with Crippen LogP contribution < -0.4 is 4.74 Å². The third-order valence-electron chi connectivity index (χ3n) is 3.38. The lowest BCUT2D eigenvalue weighted by atomic mass is 9.82. The van der Waals surface area contributed by atoms with Crippen LogP contribution in [0.15, 0.2) is 22.9 Å². The number of rotatable bonds is 3. The number of hydrogen-bond acceptors (Lipinski definition) is 4. The van der Waals surface area contributed by atoms with E-state index in [1.54, 1.807) is 18.5 Å². The van der Waals surface area contributed by atoms with E-state index >= 15 is 0 Å². The molecule has 7 heteroatoms. The Bertz CT molecular complexity index is 689. The SMILES string of the molecule is O=C(O)[C@H]1C[C@@H](Oc2ncc(Br)c3cc(Cl)ncc23)C1. The fraction of sp³-hybridized carbons (Fsp3) is 0.308. The minimum absolute atomic E-state index is 0.108. The van der Waals surface area contributed by atoms with E-state index in [-0.39, 0.29) is 12.0 Å². The van der Waals surface area contributed by atoms with Gasteiger partial charge in [-0.15, -0.1) is 0 Å². The Morgan fingerprint density at radius 1 is 1.35 bits per heavy atom. The maximum Gasteiger partial charge on any atom is 0.306 e. The summed E-state index contributed by atoms with van der Waals surface area (Å²) < 4.78 is 6.57. The summed E-state index contributed by atoms with van der Waals surface area (Å²) in [5.74, 6) is -0.623. The van der Waals surface area contributed by atoms with E-state index in [0.29, 0.717) is 23.9 Å². The standard InChI is InChI=1S/C13H10BrClN2O3/c14-10-5-17-12(9-4-16-11(15)3-8(9)10)20-7-1-6(2-7)13(18)19/h3-7H,1-2H2,(H,18,19)/t6-,7+. The van der Waals surface area contributed by atoms with E-state index in [9.17, 15) is 4.79 Å². The molecular weight excluding hydrogens is 348 g/mol. The second-order valence-electron chi connectivity index (χ2n) is 4.71. The van der Waals surface area contributed by atoms with E-state index < -0.39 is 5.97 Å². The van der Waals surface area contributed by atoms with Crippen LogP contribution in [0.5, 0.6) is 5.88 Å². The number of carbonyl (C=O) groups is 1. The van der Waals surface area contributed by atoms with Gasteiger partial charge in [-0.1, -0.05) is 11.6 Å². The maximum absolute atomic E-state index is 10.8. The van der Waals surface area contributed by atoms with E-state index in [4.69, 9.17) is 21.4 Å². The molecular formula is C13H10BrClN2O3. The van der Waals surface area contributed by atoms with Crippen molar-refractivity contribution in [2.45, 2.75) is 18.9 Å². The van der Waals surface area contributed by atoms with Gasteiger partial charge in [-0.25, -0.2) is 9.97 Å². The van der Waals surface area contributed by atoms with Crippen molar-refractivity contribution in [3.8, 4) is 5.88 Å². The molecule has 0 unspecified atom stereocenters. The predicted molar refractivity (Wildman–Crippen MR) is 77.0 cm³/mol. The number of carboxylic acid groups (broad SMARTS) is 1. The average Bonchev–Trinajstić information content (AvgIpc) is 2.35. The molecule has 0 atom stereocenters. The highest BCUT2D eigenvalue weighted by atomic mass is 79.9. The number of halogens is 2. The molecule has 0 radical (unpaired) electrons. The summed E-state index contributed by atoms with van der Waals surface area (Å²) >= 11 is 9.29. The van der Waals surface area contributed by atoms with Crippen molar-refractivity contribution >= 4 is 44.3 Å². The van der Waals surface area contributed by atoms with Crippen LogP contribution in [-0.4, -0.2) is 27.1 Å². The summed E-state index contributed by atoms with van der Waals surface area (Å²) in [6.45, 7) is 0. The summed E-state index contributed by atoms with van der Waals surface area (Å²) in [4.78, 5) is 19.0. The topological polar surface area (TPSA) is 72.3 Å². The van der Waals surface area contributed by atoms with E-state index in [2.05, 4.69) is 25.9 Å². The lowest BCUT2D eigenvalue weighted by Gasteiger charge is -2.32. The van der Waals surface area contributed by atoms with Crippen molar-refractivity contribution in [2.24, 2.45) is 5.92 Å². The lowest BCUT2D eigenvalue weighted by Crippen LogP contribution is -2.38. The van der Waals surface area contributed by atoms with Crippen molar-refractivity contribution in [3.63, 3.8) is 0 Å². The monoisotopic (exact) mass is 356 g/mol. The number of hydrogen-bond donors (Lipinski definition) is 1. The molecule has 2 aromatic heterocycles. The van der Waals surface area contributed by atoms with E-state index in [1.807, 2.05) is 0 Å². The lowest BCUT2D eigenvalue weighted by molar-refractivity contribution is -0.148. The van der Waals surface area contributed by atoms with Crippen LogP contribution in [0.1, 0.15) is 12.8 Å². The highest BCUT2D eigenvalue weighted by molar-refractivity contribution is 9.10. The van der Waals surface area contributed by atoms with Gasteiger partial charge in [0, 0.05) is 22.3 Å². The number of aromatic nitrogens is 2. The Morgan fingerprint density at radius 2 is 2.10 bits per heavy atom. The molecule has 0 aromatic carbocycles. The average molecular weight is 358 g/mol. The van der Waals surface area contributed by atoms with Crippen LogP contribution in [0.4, 0.5) is 0 Å². The summed E-state index contributed by atoms with van der Waals surface area (Å²) in [6.07, 6.45) is 4.16. The molecule has 1 aliphatic carbocycles. The molecule has 0 bridgehead atoms. The van der Waals surface area contributed by atoms with Crippen LogP contribution in [0, 0.1) is 5.92 Å². The van der Waals surface area contributed by atoms with Crippen molar-refractivity contribution < 1.29 is 14.6 Å². The van der Waals surface area contributed by atoms with E-state index in [0.717, 1.165) is 15.2 Å². The number of nitrogens with zero attached hydrogens (tertiary/aromatic N) is 2. The summed E-state index contributed by atoms with van der Waals surface area (Å²) in [6, 6.07) is 1.73. The van der Waals surface area contributed by atoms with Gasteiger partial charge in [-0.2, -0.15) is 0 Å². The van der Waals surface area contributed by atoms with Crippen molar-refractivity contribution in [3.05, 3.63) is 28.1 Å². The first-order valence-electron chi connectivity index (χ1n) is 6.04. The molecule has 0 saturated heterocycles. The van der Waals surface area contributed by atoms with Crippen molar-refractivity contribution in [2.75, 3.05) is 0 Å². The van der Waals surface area contributed by atoms with Crippen molar-refractivity contribution in [1.29, 1.82) is 0 Å². The molecule has 104 valence electrons. The van der Waals surface area contributed by atoms with Crippen LogP contribution >= 0.6 is 27.5 Å². The number of aliphatic carboxylic acids is 1. The zero-order valence-electron chi connectivity index (χ0n) is 10.2. The minimum atomic E-state index is -0.771. The first-order chi connectivity index (χ1) is 9.54. The van der Waals surface area contributed by atoms with Gasteiger partial charge in [0.05, 0.1) is 11.3 Å². The smallest absolute Gasteiger partial charge is 0.306 e. The van der Waals surface area contributed by atoms with Gasteiger partial charge >= 0.3 is 5.97 Å². The zero-order valence-corrected chi connectivity index (χ0v) is 12.6. The maximum atomic E-state index is 10.8. The number of pyridine rings is 2. The van der Waals surface area contributed by atoms with Gasteiger partial charge in [0.15, 0.2) is 0 Å². The minimum Gasteiger partial charge on any atom is -0.481 e. The van der Waals surface area contributed by atoms with Crippen LogP contribution in [0.3, 0.4) is 0 Å². The van der Waals surface area contributed by atoms with Gasteiger partial charge in [0.2, 0.25) is 5.88 Å². The molecule has 1 N–H and O–H groups in total. The Hall–Kier alpha value is -1.40. The second-order valence-corrected chi connectivity index (χ2v) is 5.95. The first-order valence-corrected chi connectivity index (χ1v) is 7.21. The molecule has 1 saturated carbocycles. The fourth-order valence-electron chi connectivity index (χ4n) is 2.17. The van der Waals surface area contributed by atoms with Crippen molar-refractivity contribution in [1.82, 2.24) is 9.97 Å². The highest BCUT2D eigenvalue weighted by Crippen LogP contribution is 2.35. The summed E-state index contributed by atoms with van der Waals surface area (Å²) in [7, 11) is 0. The molecule has 1 fully saturated rings. The Morgan fingerprint density at radius 3 is 2.80 bits per heavy atom. The molecule has 5 nitrogen and oxygen atoms in total. The number of fused-ring (bicyclic) bond motifs is 1. The Labute approximate surface area is 128 Å².